The van der Waals surface area contributed by atoms with Crippen LogP contribution in [-0.2, 0) is 4.74 Å². The smallest absolute Gasteiger partial charge is 0.126 e. The molecule has 0 unspecified atom stereocenters. The van der Waals surface area contributed by atoms with Gasteiger partial charge in [0.25, 0.3) is 0 Å². The number of hydrogen-bond acceptors (Lipinski definition) is 2. The van der Waals surface area contributed by atoms with Crippen molar-refractivity contribution in [3.63, 3.8) is 0 Å². The topological polar surface area (TPSA) is 35.2 Å². The molecule has 0 saturated heterocycles. The molecular formula is C14H22FNO. The second-order valence-corrected chi connectivity index (χ2v) is 4.46. The summed E-state index contributed by atoms with van der Waals surface area (Å²) in [4.78, 5) is 0. The van der Waals surface area contributed by atoms with E-state index in [1.807, 2.05) is 0 Å². The second-order valence-electron chi connectivity index (χ2n) is 4.46. The van der Waals surface area contributed by atoms with E-state index in [2.05, 4.69) is 27.4 Å². The zero-order valence-corrected chi connectivity index (χ0v) is 11.1. The molecule has 0 saturated carbocycles. The van der Waals surface area contributed by atoms with E-state index in [1.54, 1.807) is 6.92 Å². The lowest BCUT2D eigenvalue weighted by Crippen LogP contribution is -2.08. The van der Waals surface area contributed by atoms with Crippen LogP contribution in [0.4, 0.5) is 4.39 Å². The van der Waals surface area contributed by atoms with Crippen LogP contribution in [0.1, 0.15) is 27.7 Å². The number of ether oxygens (including phenoxy) is 1. The molecule has 0 aromatic rings. The van der Waals surface area contributed by atoms with E-state index < -0.39 is 0 Å². The zero-order valence-electron chi connectivity index (χ0n) is 11.1. The Morgan fingerprint density at radius 1 is 1.41 bits per heavy atom. The van der Waals surface area contributed by atoms with Crippen LogP contribution in [0, 0.1) is 5.92 Å². The molecule has 0 aliphatic carbocycles. The van der Waals surface area contributed by atoms with Crippen molar-refractivity contribution >= 4 is 0 Å². The first-order valence-corrected chi connectivity index (χ1v) is 5.68. The van der Waals surface area contributed by atoms with E-state index >= 15 is 0 Å². The molecule has 3 heteroatoms. The minimum Gasteiger partial charge on any atom is -0.468 e. The van der Waals surface area contributed by atoms with Crippen LogP contribution in [0.15, 0.2) is 47.7 Å². The Hall–Kier alpha value is -1.35. The normalized spacial score (nSPS) is 24.9. The van der Waals surface area contributed by atoms with Crippen molar-refractivity contribution in [2.24, 2.45) is 11.7 Å². The Labute approximate surface area is 103 Å². The average molecular weight is 239 g/mol. The van der Waals surface area contributed by atoms with Crippen LogP contribution < -0.4 is 5.73 Å². The monoisotopic (exact) mass is 239 g/mol. The van der Waals surface area contributed by atoms with E-state index in [9.17, 15) is 4.39 Å². The summed E-state index contributed by atoms with van der Waals surface area (Å²) in [6, 6.07) is 0. The molecule has 0 fully saturated rings. The Balaban J connectivity index is 0.000000557. The molecule has 2 N–H and O–H groups in total. The number of rotatable bonds is 1. The van der Waals surface area contributed by atoms with Crippen LogP contribution in [0.25, 0.3) is 0 Å². The Morgan fingerprint density at radius 2 is 1.94 bits per heavy atom. The summed E-state index contributed by atoms with van der Waals surface area (Å²) in [5.74, 6) is 1.07. The largest absolute Gasteiger partial charge is 0.468 e. The minimum absolute atomic E-state index is 0.282. The number of nitrogens with two attached hydrogens (primary N) is 1. The molecule has 0 atom stereocenters. The lowest BCUT2D eigenvalue weighted by Gasteiger charge is -2.11. The van der Waals surface area contributed by atoms with Gasteiger partial charge in [0.2, 0.25) is 0 Å². The number of hydrogen-bond donors (Lipinski definition) is 1. The fraction of sp³-hybridized carbons (Fsp3) is 0.429. The lowest BCUT2D eigenvalue weighted by atomic mass is 10.1. The average Bonchev–Trinajstić information content (AvgIpc) is 2.21. The summed E-state index contributed by atoms with van der Waals surface area (Å²) in [5.41, 5.74) is 6.80. The first kappa shape index (κ1) is 15.7. The lowest BCUT2D eigenvalue weighted by molar-refractivity contribution is 0.338. The molecule has 0 spiro atoms. The van der Waals surface area contributed by atoms with Gasteiger partial charge in [0.05, 0.1) is 12.8 Å². The van der Waals surface area contributed by atoms with Crippen LogP contribution in [0.3, 0.4) is 0 Å². The van der Waals surface area contributed by atoms with Crippen molar-refractivity contribution in [3.05, 3.63) is 47.7 Å². The molecule has 1 heterocycles. The summed E-state index contributed by atoms with van der Waals surface area (Å²) in [6.45, 7) is 12.3. The van der Waals surface area contributed by atoms with Crippen molar-refractivity contribution in [1.29, 1.82) is 0 Å². The van der Waals surface area contributed by atoms with Gasteiger partial charge < -0.3 is 10.5 Å². The van der Waals surface area contributed by atoms with Crippen molar-refractivity contribution < 1.29 is 9.13 Å². The summed E-state index contributed by atoms with van der Waals surface area (Å²) in [5, 5.41) is 0. The SMILES string of the molecule is C=C1/C=C(F)\C=C/O/C(CN)=C\1C.CC(C)C. The highest BCUT2D eigenvalue weighted by molar-refractivity contribution is 5.41. The van der Waals surface area contributed by atoms with E-state index in [0.717, 1.165) is 11.5 Å². The zero-order chi connectivity index (χ0) is 13.4. The van der Waals surface area contributed by atoms with E-state index in [-0.39, 0.29) is 12.4 Å². The van der Waals surface area contributed by atoms with Crippen molar-refractivity contribution in [3.8, 4) is 0 Å². The maximum atomic E-state index is 12.9. The van der Waals surface area contributed by atoms with E-state index in [4.69, 9.17) is 10.5 Å². The maximum absolute atomic E-state index is 12.9. The molecule has 0 aromatic heterocycles. The molecule has 0 aromatic carbocycles. The fourth-order valence-corrected chi connectivity index (χ4v) is 0.973. The molecule has 17 heavy (non-hydrogen) atoms. The molecule has 1 aliphatic rings. The summed E-state index contributed by atoms with van der Waals surface area (Å²) >= 11 is 0. The van der Waals surface area contributed by atoms with Gasteiger partial charge in [-0.05, 0) is 30.1 Å². The minimum atomic E-state index is -0.375. The van der Waals surface area contributed by atoms with Crippen LogP contribution in [0.5, 0.6) is 0 Å². The molecule has 1 rings (SSSR count). The quantitative estimate of drug-likeness (QED) is 0.754. The molecule has 2 nitrogen and oxygen atoms in total. The highest BCUT2D eigenvalue weighted by Crippen LogP contribution is 2.19. The summed E-state index contributed by atoms with van der Waals surface area (Å²) < 4.78 is 18.0. The van der Waals surface area contributed by atoms with Gasteiger partial charge in [-0.1, -0.05) is 27.4 Å². The molecular weight excluding hydrogens is 217 g/mol. The van der Waals surface area contributed by atoms with Crippen LogP contribution in [0.2, 0.25) is 0 Å². The predicted molar refractivity (Wildman–Crippen MR) is 70.8 cm³/mol. The molecule has 0 amide bonds. The van der Waals surface area contributed by atoms with Crippen molar-refractivity contribution in [2.75, 3.05) is 6.54 Å². The Kier molecular flexibility index (Phi) is 7.22. The fourth-order valence-electron chi connectivity index (χ4n) is 0.973. The maximum Gasteiger partial charge on any atom is 0.126 e. The molecule has 0 bridgehead atoms. The van der Waals surface area contributed by atoms with Gasteiger partial charge in [-0.2, -0.15) is 0 Å². The van der Waals surface area contributed by atoms with Gasteiger partial charge in [-0.15, -0.1) is 0 Å². The highest BCUT2D eigenvalue weighted by atomic mass is 19.1. The van der Waals surface area contributed by atoms with Gasteiger partial charge in [-0.3, -0.25) is 0 Å². The first-order valence-electron chi connectivity index (χ1n) is 5.68. The van der Waals surface area contributed by atoms with Gasteiger partial charge in [0, 0.05) is 6.08 Å². The van der Waals surface area contributed by atoms with E-state index in [1.165, 1.54) is 18.4 Å². The van der Waals surface area contributed by atoms with Gasteiger partial charge in [0.1, 0.15) is 11.6 Å². The Morgan fingerprint density at radius 3 is 2.41 bits per heavy atom. The van der Waals surface area contributed by atoms with E-state index in [0.29, 0.717) is 11.3 Å². The van der Waals surface area contributed by atoms with Crippen molar-refractivity contribution in [1.82, 2.24) is 0 Å². The third-order valence-electron chi connectivity index (χ3n) is 1.84. The summed E-state index contributed by atoms with van der Waals surface area (Å²) in [7, 11) is 0. The van der Waals surface area contributed by atoms with Gasteiger partial charge in [0.15, 0.2) is 0 Å². The predicted octanol–water partition coefficient (Wildman–Crippen LogP) is 3.83. The third kappa shape index (κ3) is 6.74. The molecule has 1 aliphatic heterocycles. The third-order valence-corrected chi connectivity index (χ3v) is 1.84. The van der Waals surface area contributed by atoms with Crippen molar-refractivity contribution in [2.45, 2.75) is 27.7 Å². The van der Waals surface area contributed by atoms with Crippen LogP contribution >= 0.6 is 0 Å². The van der Waals surface area contributed by atoms with Crippen LogP contribution in [-0.4, -0.2) is 6.54 Å². The standard InChI is InChI=1S/C10H12FNO.C4H10/c1-7-5-9(11)3-4-13-10(6-12)8(7)2;1-4(2)3/h3-5H,1,6,12H2,2H3;4H,1-3H3/b4-3-,9-5+,10-8-;. The number of halogens is 1. The highest BCUT2D eigenvalue weighted by Gasteiger charge is 2.06. The molecule has 0 radical (unpaired) electrons. The van der Waals surface area contributed by atoms with Gasteiger partial charge >= 0.3 is 0 Å². The second kappa shape index (κ2) is 7.85. The molecule has 96 valence electrons. The van der Waals surface area contributed by atoms with Gasteiger partial charge in [-0.25, -0.2) is 4.39 Å². The number of allylic oxidation sites excluding steroid dienone is 5. The summed E-state index contributed by atoms with van der Waals surface area (Å²) in [6.07, 6.45) is 3.86. The Bertz CT molecular complexity index is 348. The first-order chi connectivity index (χ1) is 7.88.